The third kappa shape index (κ3) is 2.27. The van der Waals surface area contributed by atoms with E-state index in [-0.39, 0.29) is 0 Å². The molecular weight excluding hydrogens is 246 g/mol. The third-order valence-electron chi connectivity index (χ3n) is 4.39. The zero-order valence-corrected chi connectivity index (χ0v) is 12.4. The summed E-state index contributed by atoms with van der Waals surface area (Å²) in [5, 5.41) is 4.63. The smallest absolute Gasteiger partial charge is 0.0711 e. The Bertz CT molecular complexity index is 625. The molecule has 1 aliphatic carbocycles. The van der Waals surface area contributed by atoms with Crippen LogP contribution in [0.3, 0.4) is 0 Å². The molecule has 1 aromatic heterocycles. The first-order valence-corrected chi connectivity index (χ1v) is 7.55. The number of rotatable bonds is 3. The van der Waals surface area contributed by atoms with E-state index in [0.717, 1.165) is 12.1 Å². The van der Waals surface area contributed by atoms with E-state index in [4.69, 9.17) is 5.73 Å². The minimum Gasteiger partial charge on any atom is -0.330 e. The Morgan fingerprint density at radius 1 is 1.20 bits per heavy atom. The van der Waals surface area contributed by atoms with Gasteiger partial charge in [-0.15, -0.1) is 0 Å². The van der Waals surface area contributed by atoms with Gasteiger partial charge in [0, 0.05) is 19.0 Å². The highest BCUT2D eigenvalue weighted by Crippen LogP contribution is 2.30. The summed E-state index contributed by atoms with van der Waals surface area (Å²) >= 11 is 0. The number of nitrogens with two attached hydrogens (primary N) is 1. The number of aromatic nitrogens is 2. The highest BCUT2D eigenvalue weighted by atomic mass is 15.3. The van der Waals surface area contributed by atoms with Crippen molar-refractivity contribution < 1.29 is 0 Å². The van der Waals surface area contributed by atoms with Gasteiger partial charge in [-0.25, -0.2) is 0 Å². The number of aryl methyl sites for hydroxylation is 3. The molecule has 0 saturated carbocycles. The highest BCUT2D eigenvalue weighted by Gasteiger charge is 2.16. The molecule has 2 aromatic rings. The summed E-state index contributed by atoms with van der Waals surface area (Å²) < 4.78 is 2.00. The van der Waals surface area contributed by atoms with Gasteiger partial charge in [-0.05, 0) is 61.9 Å². The molecule has 0 fully saturated rings. The van der Waals surface area contributed by atoms with Crippen LogP contribution in [0.25, 0.3) is 11.3 Å². The van der Waals surface area contributed by atoms with Crippen molar-refractivity contribution in [3.63, 3.8) is 0 Å². The van der Waals surface area contributed by atoms with Crippen molar-refractivity contribution >= 4 is 0 Å². The SMILES string of the molecule is Cc1c(CCN)nn(C)c1-c1ccc2c(c1)CCCC2. The van der Waals surface area contributed by atoms with E-state index in [9.17, 15) is 0 Å². The maximum absolute atomic E-state index is 5.67. The van der Waals surface area contributed by atoms with Gasteiger partial charge in [0.15, 0.2) is 0 Å². The third-order valence-corrected chi connectivity index (χ3v) is 4.39. The Morgan fingerprint density at radius 3 is 2.70 bits per heavy atom. The molecule has 0 bridgehead atoms. The van der Waals surface area contributed by atoms with E-state index >= 15 is 0 Å². The van der Waals surface area contributed by atoms with Gasteiger partial charge in [0.05, 0.1) is 11.4 Å². The van der Waals surface area contributed by atoms with E-state index in [1.165, 1.54) is 53.6 Å². The van der Waals surface area contributed by atoms with Crippen LogP contribution in [0, 0.1) is 6.92 Å². The van der Waals surface area contributed by atoms with E-state index < -0.39 is 0 Å². The molecule has 0 aliphatic heterocycles. The Morgan fingerprint density at radius 2 is 1.95 bits per heavy atom. The standard InChI is InChI=1S/C17H23N3/c1-12-16(9-10-18)19-20(2)17(12)15-8-7-13-5-3-4-6-14(13)11-15/h7-8,11H,3-6,9-10,18H2,1-2H3. The molecule has 3 nitrogen and oxygen atoms in total. The van der Waals surface area contributed by atoms with Crippen LogP contribution in [0.4, 0.5) is 0 Å². The fourth-order valence-electron chi connectivity index (χ4n) is 3.34. The van der Waals surface area contributed by atoms with Crippen LogP contribution in [-0.4, -0.2) is 16.3 Å². The van der Waals surface area contributed by atoms with Crippen molar-refractivity contribution in [3.8, 4) is 11.3 Å². The van der Waals surface area contributed by atoms with Crippen molar-refractivity contribution in [2.75, 3.05) is 6.54 Å². The maximum Gasteiger partial charge on any atom is 0.0711 e. The molecule has 20 heavy (non-hydrogen) atoms. The molecule has 2 N–H and O–H groups in total. The summed E-state index contributed by atoms with van der Waals surface area (Å²) in [6.07, 6.45) is 5.95. The van der Waals surface area contributed by atoms with Gasteiger partial charge >= 0.3 is 0 Å². The van der Waals surface area contributed by atoms with E-state index in [2.05, 4.69) is 30.2 Å². The number of hydrogen-bond acceptors (Lipinski definition) is 2. The Kier molecular flexibility index (Phi) is 3.62. The van der Waals surface area contributed by atoms with Crippen molar-refractivity contribution in [3.05, 3.63) is 40.6 Å². The molecule has 0 atom stereocenters. The van der Waals surface area contributed by atoms with Crippen molar-refractivity contribution in [1.82, 2.24) is 9.78 Å². The molecule has 0 amide bonds. The maximum atomic E-state index is 5.67. The molecule has 0 spiro atoms. The fourth-order valence-corrected chi connectivity index (χ4v) is 3.34. The molecule has 106 valence electrons. The van der Waals surface area contributed by atoms with Crippen LogP contribution in [0.15, 0.2) is 18.2 Å². The van der Waals surface area contributed by atoms with Gasteiger partial charge in [-0.1, -0.05) is 12.1 Å². The number of nitrogens with zero attached hydrogens (tertiary/aromatic N) is 2. The summed E-state index contributed by atoms with van der Waals surface area (Å²) in [7, 11) is 2.03. The van der Waals surface area contributed by atoms with Crippen LogP contribution >= 0.6 is 0 Å². The molecule has 0 radical (unpaired) electrons. The molecule has 1 heterocycles. The average Bonchev–Trinajstić information content (AvgIpc) is 2.73. The van der Waals surface area contributed by atoms with Crippen molar-refractivity contribution in [1.29, 1.82) is 0 Å². The van der Waals surface area contributed by atoms with Crippen LogP contribution in [0.1, 0.15) is 35.2 Å². The van der Waals surface area contributed by atoms with Gasteiger partial charge in [-0.2, -0.15) is 5.10 Å². The Balaban J connectivity index is 2.04. The lowest BCUT2D eigenvalue weighted by Crippen LogP contribution is -2.04. The number of fused-ring (bicyclic) bond motifs is 1. The lowest BCUT2D eigenvalue weighted by Gasteiger charge is -2.17. The van der Waals surface area contributed by atoms with Gasteiger partial charge in [0.2, 0.25) is 0 Å². The van der Waals surface area contributed by atoms with Gasteiger partial charge < -0.3 is 5.73 Å². The second-order valence-electron chi connectivity index (χ2n) is 5.77. The Labute approximate surface area is 120 Å². The fraction of sp³-hybridized carbons (Fsp3) is 0.471. The highest BCUT2D eigenvalue weighted by molar-refractivity contribution is 5.66. The molecular formula is C17H23N3. The summed E-state index contributed by atoms with van der Waals surface area (Å²) in [6.45, 7) is 2.81. The minimum atomic E-state index is 0.654. The summed E-state index contributed by atoms with van der Waals surface area (Å²) in [6, 6.07) is 6.92. The minimum absolute atomic E-state index is 0.654. The zero-order chi connectivity index (χ0) is 14.1. The van der Waals surface area contributed by atoms with Gasteiger partial charge in [-0.3, -0.25) is 4.68 Å². The summed E-state index contributed by atoms with van der Waals surface area (Å²) in [4.78, 5) is 0. The molecule has 3 rings (SSSR count). The largest absolute Gasteiger partial charge is 0.330 e. The van der Waals surface area contributed by atoms with Crippen LogP contribution in [-0.2, 0) is 26.3 Å². The molecule has 0 unspecified atom stereocenters. The predicted octanol–water partition coefficient (Wildman–Crippen LogP) is 2.78. The van der Waals surface area contributed by atoms with Crippen molar-refractivity contribution in [2.24, 2.45) is 12.8 Å². The lowest BCUT2D eigenvalue weighted by atomic mass is 9.89. The first-order chi connectivity index (χ1) is 9.70. The van der Waals surface area contributed by atoms with Gasteiger partial charge in [0.1, 0.15) is 0 Å². The molecule has 1 aliphatic rings. The first kappa shape index (κ1) is 13.4. The zero-order valence-electron chi connectivity index (χ0n) is 12.4. The monoisotopic (exact) mass is 269 g/mol. The molecule has 0 saturated heterocycles. The summed E-state index contributed by atoms with van der Waals surface area (Å²) in [5.74, 6) is 0. The lowest BCUT2D eigenvalue weighted by molar-refractivity contribution is 0.685. The Hall–Kier alpha value is -1.61. The van der Waals surface area contributed by atoms with Gasteiger partial charge in [0.25, 0.3) is 0 Å². The van der Waals surface area contributed by atoms with E-state index in [1.54, 1.807) is 0 Å². The van der Waals surface area contributed by atoms with E-state index in [1.807, 2.05) is 11.7 Å². The predicted molar refractivity (Wildman–Crippen MR) is 82.8 cm³/mol. The van der Waals surface area contributed by atoms with E-state index in [0.29, 0.717) is 6.54 Å². The quantitative estimate of drug-likeness (QED) is 0.931. The average molecular weight is 269 g/mol. The van der Waals surface area contributed by atoms with Crippen LogP contribution in [0.5, 0.6) is 0 Å². The normalized spacial score (nSPS) is 14.3. The van der Waals surface area contributed by atoms with Crippen molar-refractivity contribution in [2.45, 2.75) is 39.0 Å². The second-order valence-corrected chi connectivity index (χ2v) is 5.77. The van der Waals surface area contributed by atoms with Crippen LogP contribution in [0.2, 0.25) is 0 Å². The van der Waals surface area contributed by atoms with Crippen LogP contribution < -0.4 is 5.73 Å². The topological polar surface area (TPSA) is 43.8 Å². The second kappa shape index (κ2) is 5.41. The summed E-state index contributed by atoms with van der Waals surface area (Å²) in [5.41, 5.74) is 13.7. The molecule has 3 heteroatoms. The number of hydrogen-bond donors (Lipinski definition) is 1. The molecule has 1 aromatic carbocycles. The number of benzene rings is 1. The first-order valence-electron chi connectivity index (χ1n) is 7.55.